The van der Waals surface area contributed by atoms with Crippen LogP contribution in [0.5, 0.6) is 0 Å². The van der Waals surface area contributed by atoms with Gasteiger partial charge in [-0.1, -0.05) is 36.9 Å². The van der Waals surface area contributed by atoms with Crippen LogP contribution in [-0.2, 0) is 17.8 Å². The van der Waals surface area contributed by atoms with Gasteiger partial charge in [0.05, 0.1) is 0 Å². The highest BCUT2D eigenvalue weighted by atomic mass is 19.1. The van der Waals surface area contributed by atoms with Gasteiger partial charge in [-0.2, -0.15) is 0 Å². The van der Waals surface area contributed by atoms with Gasteiger partial charge in [0.15, 0.2) is 0 Å². The molecule has 162 valence electrons. The fourth-order valence-corrected chi connectivity index (χ4v) is 3.05. The van der Waals surface area contributed by atoms with Gasteiger partial charge in [-0.25, -0.2) is 8.78 Å². The quantitative estimate of drug-likeness (QED) is 0.285. The first-order valence-corrected chi connectivity index (χ1v) is 9.91. The number of likely N-dealkylation sites (N-methyl/N-ethyl adjacent to an activating group) is 1. The molecule has 5 heteroatoms. The van der Waals surface area contributed by atoms with Gasteiger partial charge in [0.2, 0.25) is 0 Å². The van der Waals surface area contributed by atoms with Crippen LogP contribution in [0.3, 0.4) is 0 Å². The van der Waals surface area contributed by atoms with Crippen LogP contribution in [0.1, 0.15) is 16.7 Å². The third-order valence-electron chi connectivity index (χ3n) is 4.69. The zero-order valence-electron chi connectivity index (χ0n) is 18.2. The molecule has 31 heavy (non-hydrogen) atoms. The maximum atomic E-state index is 14.7. The zero-order valence-corrected chi connectivity index (χ0v) is 18.2. The number of carbonyl (C=O) groups excluding carboxylic acids is 1. The van der Waals surface area contributed by atoms with Gasteiger partial charge in [-0.05, 0) is 60.0 Å². The van der Waals surface area contributed by atoms with Crippen molar-refractivity contribution in [2.75, 3.05) is 26.0 Å². The molecule has 0 amide bonds. The van der Waals surface area contributed by atoms with E-state index in [-0.39, 0.29) is 12.4 Å². The molecule has 0 spiro atoms. The molecule has 0 bridgehead atoms. The van der Waals surface area contributed by atoms with E-state index in [2.05, 4.69) is 6.58 Å². The van der Waals surface area contributed by atoms with Crippen LogP contribution < -0.4 is 4.90 Å². The molecule has 0 saturated carbocycles. The molecule has 0 radical (unpaired) electrons. The van der Waals surface area contributed by atoms with Crippen LogP contribution >= 0.6 is 0 Å². The van der Waals surface area contributed by atoms with Crippen LogP contribution in [0, 0.1) is 11.6 Å². The predicted molar refractivity (Wildman–Crippen MR) is 125 cm³/mol. The molecule has 0 aromatic heterocycles. The lowest BCUT2D eigenvalue weighted by Gasteiger charge is -2.20. The Morgan fingerprint density at radius 2 is 1.87 bits per heavy atom. The number of rotatable bonds is 10. The summed E-state index contributed by atoms with van der Waals surface area (Å²) in [4.78, 5) is 14.2. The maximum absolute atomic E-state index is 14.7. The van der Waals surface area contributed by atoms with Crippen LogP contribution in [0.4, 0.5) is 14.5 Å². The smallest absolute Gasteiger partial charge is 0.142 e. The monoisotopic (exact) mass is 422 g/mol. The van der Waals surface area contributed by atoms with Crippen LogP contribution in [0.25, 0.3) is 6.08 Å². The van der Waals surface area contributed by atoms with Crippen molar-refractivity contribution in [2.45, 2.75) is 13.0 Å². The number of hydrogen-bond donors (Lipinski definition) is 0. The minimum Gasteiger partial charge on any atom is -0.378 e. The molecule has 0 aliphatic rings. The van der Waals surface area contributed by atoms with Crippen molar-refractivity contribution in [1.82, 2.24) is 4.90 Å². The third-order valence-corrected chi connectivity index (χ3v) is 4.69. The molecule has 0 atom stereocenters. The number of benzene rings is 2. The van der Waals surface area contributed by atoms with Gasteiger partial charge < -0.3 is 9.80 Å². The second-order valence-corrected chi connectivity index (χ2v) is 7.35. The number of nitrogens with zero attached hydrogens (tertiary/aromatic N) is 2. The third kappa shape index (κ3) is 7.37. The molecule has 0 aliphatic heterocycles. The van der Waals surface area contributed by atoms with E-state index in [4.69, 9.17) is 0 Å². The first-order chi connectivity index (χ1) is 14.8. The van der Waals surface area contributed by atoms with Crippen molar-refractivity contribution in [1.29, 1.82) is 0 Å². The van der Waals surface area contributed by atoms with Gasteiger partial charge in [-0.15, -0.1) is 0 Å². The van der Waals surface area contributed by atoms with E-state index < -0.39 is 5.82 Å². The van der Waals surface area contributed by atoms with Crippen molar-refractivity contribution < 1.29 is 13.6 Å². The SMILES string of the molecule is C=C/C=C(\C=C/Cc1ccc(CN(C)c2cc(F)cc(/C=C/C=O)c2)c(F)c1)N(C)C. The highest BCUT2D eigenvalue weighted by Gasteiger charge is 2.09. The number of carbonyl (C=O) groups is 1. The van der Waals surface area contributed by atoms with E-state index in [1.54, 1.807) is 30.2 Å². The highest BCUT2D eigenvalue weighted by Crippen LogP contribution is 2.22. The molecule has 3 nitrogen and oxygen atoms in total. The predicted octanol–water partition coefficient (Wildman–Crippen LogP) is 5.54. The number of anilines is 1. The van der Waals surface area contributed by atoms with Crippen LogP contribution in [0.2, 0.25) is 0 Å². The molecule has 0 fully saturated rings. The Labute approximate surface area is 183 Å². The second-order valence-electron chi connectivity index (χ2n) is 7.35. The zero-order chi connectivity index (χ0) is 22.8. The Bertz CT molecular complexity index is 1010. The second kappa shape index (κ2) is 11.6. The van der Waals surface area contributed by atoms with Crippen LogP contribution in [0.15, 0.2) is 79.1 Å². The van der Waals surface area contributed by atoms with E-state index in [0.29, 0.717) is 29.5 Å². The fraction of sp³-hybridized carbons (Fsp3) is 0.192. The topological polar surface area (TPSA) is 23.6 Å². The summed E-state index contributed by atoms with van der Waals surface area (Å²) in [7, 11) is 5.67. The van der Waals surface area contributed by atoms with Gasteiger partial charge in [0.25, 0.3) is 0 Å². The number of hydrogen-bond acceptors (Lipinski definition) is 3. The number of allylic oxidation sites excluding steroid dienone is 5. The lowest BCUT2D eigenvalue weighted by Crippen LogP contribution is -2.17. The average Bonchev–Trinajstić information content (AvgIpc) is 2.72. The van der Waals surface area contributed by atoms with Crippen LogP contribution in [-0.4, -0.2) is 32.3 Å². The molecule has 2 aromatic carbocycles. The summed E-state index contributed by atoms with van der Waals surface area (Å²) in [6.07, 6.45) is 11.7. The van der Waals surface area contributed by atoms with Crippen molar-refractivity contribution in [2.24, 2.45) is 0 Å². The van der Waals surface area contributed by atoms with Gasteiger partial charge in [0.1, 0.15) is 17.9 Å². The maximum Gasteiger partial charge on any atom is 0.142 e. The first-order valence-electron chi connectivity index (χ1n) is 9.91. The van der Waals surface area contributed by atoms with Crippen molar-refractivity contribution >= 4 is 18.0 Å². The Kier molecular flexibility index (Phi) is 8.94. The molecule has 2 rings (SSSR count). The van der Waals surface area contributed by atoms with E-state index in [9.17, 15) is 13.6 Å². The Hall–Kier alpha value is -3.47. The van der Waals surface area contributed by atoms with Gasteiger partial charge in [0, 0.05) is 44.6 Å². The van der Waals surface area contributed by atoms with Crippen molar-refractivity contribution in [3.8, 4) is 0 Å². The Balaban J connectivity index is 2.11. The molecule has 0 N–H and O–H groups in total. The highest BCUT2D eigenvalue weighted by molar-refractivity contribution is 5.74. The Morgan fingerprint density at radius 1 is 1.10 bits per heavy atom. The first kappa shape index (κ1) is 23.8. The lowest BCUT2D eigenvalue weighted by atomic mass is 10.1. The summed E-state index contributed by atoms with van der Waals surface area (Å²) in [6.45, 7) is 4.00. The van der Waals surface area contributed by atoms with E-state index in [0.717, 1.165) is 11.3 Å². The van der Waals surface area contributed by atoms with E-state index >= 15 is 0 Å². The number of halogens is 2. The standard InChI is InChI=1S/C26H28F2N2O/c1-5-8-24(29(2)3)11-6-9-20-12-13-22(26(28)17-20)19-30(4)25-16-21(10-7-14-31)15-23(27)18-25/h5-8,10-18H,1,9,19H2,2-4H3/b10-7+,11-6-,24-8+. The molecular formula is C26H28F2N2O. The molecular weight excluding hydrogens is 394 g/mol. The van der Waals surface area contributed by atoms with E-state index in [1.165, 1.54) is 30.4 Å². The molecule has 0 saturated heterocycles. The summed E-state index contributed by atoms with van der Waals surface area (Å²) < 4.78 is 28.6. The summed E-state index contributed by atoms with van der Waals surface area (Å²) >= 11 is 0. The van der Waals surface area contributed by atoms with E-state index in [1.807, 2.05) is 43.3 Å². The molecule has 0 heterocycles. The molecule has 0 aliphatic carbocycles. The molecule has 0 unspecified atom stereocenters. The summed E-state index contributed by atoms with van der Waals surface area (Å²) in [5.41, 5.74) is 3.56. The lowest BCUT2D eigenvalue weighted by molar-refractivity contribution is -0.104. The Morgan fingerprint density at radius 3 is 2.52 bits per heavy atom. The average molecular weight is 423 g/mol. The minimum absolute atomic E-state index is 0.287. The fourth-order valence-electron chi connectivity index (χ4n) is 3.05. The number of aldehydes is 1. The van der Waals surface area contributed by atoms with Crippen molar-refractivity contribution in [3.05, 3.63) is 107 Å². The minimum atomic E-state index is -0.417. The largest absolute Gasteiger partial charge is 0.378 e. The summed E-state index contributed by atoms with van der Waals surface area (Å²) in [5.74, 6) is -0.718. The van der Waals surface area contributed by atoms with Gasteiger partial charge in [-0.3, -0.25) is 4.79 Å². The summed E-state index contributed by atoms with van der Waals surface area (Å²) in [5, 5.41) is 0. The van der Waals surface area contributed by atoms with Gasteiger partial charge >= 0.3 is 0 Å². The molecule has 2 aromatic rings. The van der Waals surface area contributed by atoms with Crippen molar-refractivity contribution in [3.63, 3.8) is 0 Å². The normalized spacial score (nSPS) is 11.8. The summed E-state index contributed by atoms with van der Waals surface area (Å²) in [6, 6.07) is 9.66.